The lowest BCUT2D eigenvalue weighted by molar-refractivity contribution is -0.143. The van der Waals surface area contributed by atoms with E-state index in [2.05, 4.69) is 11.6 Å². The second-order valence-electron chi connectivity index (χ2n) is 9.03. The third-order valence-electron chi connectivity index (χ3n) is 6.07. The van der Waals surface area contributed by atoms with Crippen molar-refractivity contribution in [2.45, 2.75) is 39.3 Å². The van der Waals surface area contributed by atoms with Crippen LogP contribution in [0, 0.1) is 0 Å². The van der Waals surface area contributed by atoms with Gasteiger partial charge in [-0.1, -0.05) is 29.5 Å². The van der Waals surface area contributed by atoms with Gasteiger partial charge in [0.05, 0.1) is 42.2 Å². The van der Waals surface area contributed by atoms with Crippen LogP contribution in [-0.4, -0.2) is 36.0 Å². The smallest absolute Gasteiger partial charge is 0.338 e. The Morgan fingerprint density at radius 2 is 1.92 bits per heavy atom. The number of phenols is 1. The van der Waals surface area contributed by atoms with Gasteiger partial charge >= 0.3 is 5.97 Å². The van der Waals surface area contributed by atoms with Gasteiger partial charge in [-0.25, -0.2) is 9.79 Å². The van der Waals surface area contributed by atoms with E-state index in [9.17, 15) is 14.7 Å². The molecule has 1 aliphatic rings. The normalized spacial score (nSPS) is 15.2. The number of hydrogen-bond donors (Lipinski definition) is 1. The van der Waals surface area contributed by atoms with Crippen LogP contribution < -0.4 is 24.4 Å². The minimum absolute atomic E-state index is 0.0365. The molecule has 0 aliphatic carbocycles. The summed E-state index contributed by atoms with van der Waals surface area (Å²) in [6.45, 7) is 9.04. The maximum absolute atomic E-state index is 13.8. The summed E-state index contributed by atoms with van der Waals surface area (Å²) in [4.78, 5) is 32.1. The molecule has 198 valence electrons. The Hall–Kier alpha value is -4.11. The van der Waals surface area contributed by atoms with Crippen molar-refractivity contribution < 1.29 is 24.1 Å². The fraction of sp³-hybridized carbons (Fsp3) is 0.276. The second kappa shape index (κ2) is 11.1. The number of thiazole rings is 1. The van der Waals surface area contributed by atoms with Crippen LogP contribution in [-0.2, 0) is 16.0 Å². The third kappa shape index (κ3) is 5.15. The van der Waals surface area contributed by atoms with E-state index in [1.54, 1.807) is 64.3 Å². The van der Waals surface area contributed by atoms with Gasteiger partial charge in [-0.2, -0.15) is 0 Å². The van der Waals surface area contributed by atoms with Crippen LogP contribution in [0.4, 0.5) is 0 Å². The predicted molar refractivity (Wildman–Crippen MR) is 147 cm³/mol. The number of esters is 1. The number of ether oxygens (including phenoxy) is 3. The summed E-state index contributed by atoms with van der Waals surface area (Å²) in [6, 6.07) is 9.96. The molecule has 38 heavy (non-hydrogen) atoms. The lowest BCUT2D eigenvalue weighted by Crippen LogP contribution is -2.40. The van der Waals surface area contributed by atoms with Crippen molar-refractivity contribution >= 4 is 23.4 Å². The van der Waals surface area contributed by atoms with Gasteiger partial charge in [0, 0.05) is 5.56 Å². The molecule has 1 aliphatic heterocycles. The molecule has 3 aromatic rings. The summed E-state index contributed by atoms with van der Waals surface area (Å²) < 4.78 is 18.1. The van der Waals surface area contributed by atoms with Gasteiger partial charge in [-0.3, -0.25) is 9.36 Å². The molecule has 0 bridgehead atoms. The monoisotopic (exact) mass is 534 g/mol. The van der Waals surface area contributed by atoms with E-state index in [0.29, 0.717) is 49.7 Å². The summed E-state index contributed by atoms with van der Waals surface area (Å²) in [5.41, 5.74) is 2.53. The maximum Gasteiger partial charge on any atom is 0.338 e. The first-order chi connectivity index (χ1) is 18.2. The quantitative estimate of drug-likeness (QED) is 0.350. The molecular formula is C29H30N2O6S. The highest BCUT2D eigenvalue weighted by molar-refractivity contribution is 7.07. The molecule has 2 aromatic carbocycles. The van der Waals surface area contributed by atoms with Crippen molar-refractivity contribution in [3.63, 3.8) is 0 Å². The molecule has 1 aromatic heterocycles. The summed E-state index contributed by atoms with van der Waals surface area (Å²) in [5, 5.41) is 10.4. The average Bonchev–Trinajstić information content (AvgIpc) is 3.18. The molecule has 0 amide bonds. The molecule has 0 unspecified atom stereocenters. The van der Waals surface area contributed by atoms with E-state index >= 15 is 0 Å². The number of rotatable bonds is 8. The van der Waals surface area contributed by atoms with Crippen molar-refractivity contribution in [1.29, 1.82) is 0 Å². The fourth-order valence-electron chi connectivity index (χ4n) is 4.35. The average molecular weight is 535 g/mol. The topological polar surface area (TPSA) is 99.4 Å². The maximum atomic E-state index is 13.8. The molecule has 0 radical (unpaired) electrons. The van der Waals surface area contributed by atoms with Crippen molar-refractivity contribution in [2.75, 3.05) is 14.2 Å². The molecule has 0 saturated carbocycles. The number of carbonyl (C=O) groups excluding carboxylic acids is 1. The van der Waals surface area contributed by atoms with Gasteiger partial charge in [-0.15, -0.1) is 6.58 Å². The Morgan fingerprint density at radius 1 is 1.21 bits per heavy atom. The molecule has 2 heterocycles. The van der Waals surface area contributed by atoms with E-state index in [0.717, 1.165) is 5.56 Å². The van der Waals surface area contributed by atoms with Crippen LogP contribution in [0.2, 0.25) is 0 Å². The number of carbonyl (C=O) groups is 1. The standard InChI is InChI=1S/C29H30N2O6S/c1-7-8-20-13-18(14-22(36-6)26(20)32)15-23-27(33)31-25(19-9-11-21(35-5)12-10-19)24(28(34)37-16(2)3)17(4)30-29(31)38-23/h7,9-16,25,32H,1,8H2,2-6H3/b23-15+/t25-/m1/s1. The van der Waals surface area contributed by atoms with Gasteiger partial charge in [0.15, 0.2) is 16.3 Å². The van der Waals surface area contributed by atoms with Crippen molar-refractivity contribution in [2.24, 2.45) is 4.99 Å². The molecule has 0 spiro atoms. The molecule has 1 N–H and O–H groups in total. The van der Waals surface area contributed by atoms with Crippen molar-refractivity contribution in [3.05, 3.63) is 96.7 Å². The van der Waals surface area contributed by atoms with E-state index in [4.69, 9.17) is 14.2 Å². The first kappa shape index (κ1) is 26.9. The third-order valence-corrected chi connectivity index (χ3v) is 7.06. The number of hydrogen-bond acceptors (Lipinski definition) is 8. The Bertz CT molecular complexity index is 1600. The molecular weight excluding hydrogens is 504 g/mol. The number of fused-ring (bicyclic) bond motifs is 1. The molecule has 0 saturated heterocycles. The zero-order chi connectivity index (χ0) is 27.6. The first-order valence-electron chi connectivity index (χ1n) is 12.1. The Kier molecular flexibility index (Phi) is 7.87. The molecule has 9 heteroatoms. The lowest BCUT2D eigenvalue weighted by atomic mass is 9.96. The number of phenolic OH excluding ortho intramolecular Hbond substituents is 1. The van der Waals surface area contributed by atoms with Gasteiger partial charge in [-0.05, 0) is 68.7 Å². The summed E-state index contributed by atoms with van der Waals surface area (Å²) in [7, 11) is 3.05. The highest BCUT2D eigenvalue weighted by atomic mass is 32.1. The summed E-state index contributed by atoms with van der Waals surface area (Å²) in [6.07, 6.45) is 3.51. The Morgan fingerprint density at radius 3 is 2.53 bits per heavy atom. The van der Waals surface area contributed by atoms with Crippen LogP contribution >= 0.6 is 11.3 Å². The lowest BCUT2D eigenvalue weighted by Gasteiger charge is -2.25. The number of aromatic nitrogens is 1. The van der Waals surface area contributed by atoms with Crippen molar-refractivity contribution in [1.82, 2.24) is 4.57 Å². The number of aromatic hydroxyl groups is 1. The van der Waals surface area contributed by atoms with E-state index in [1.807, 2.05) is 12.1 Å². The first-order valence-corrected chi connectivity index (χ1v) is 12.9. The minimum Gasteiger partial charge on any atom is -0.504 e. The van der Waals surface area contributed by atoms with Crippen LogP contribution in [0.3, 0.4) is 0 Å². The molecule has 1 atom stereocenters. The number of allylic oxidation sites excluding steroid dienone is 2. The zero-order valence-corrected chi connectivity index (χ0v) is 22.8. The largest absolute Gasteiger partial charge is 0.504 e. The summed E-state index contributed by atoms with van der Waals surface area (Å²) in [5.74, 6) is 0.474. The fourth-order valence-corrected chi connectivity index (χ4v) is 5.40. The van der Waals surface area contributed by atoms with E-state index < -0.39 is 12.0 Å². The van der Waals surface area contributed by atoms with Gasteiger partial charge in [0.2, 0.25) is 0 Å². The van der Waals surface area contributed by atoms with E-state index in [-0.39, 0.29) is 17.4 Å². The van der Waals surface area contributed by atoms with Crippen LogP contribution in [0.25, 0.3) is 6.08 Å². The number of benzene rings is 2. The van der Waals surface area contributed by atoms with Gasteiger partial charge in [0.1, 0.15) is 5.75 Å². The minimum atomic E-state index is -0.726. The molecule has 4 rings (SSSR count). The van der Waals surface area contributed by atoms with Crippen molar-refractivity contribution in [3.8, 4) is 17.2 Å². The number of methoxy groups -OCH3 is 2. The van der Waals surface area contributed by atoms with Crippen LogP contribution in [0.1, 0.15) is 43.5 Å². The highest BCUT2D eigenvalue weighted by Crippen LogP contribution is 2.33. The van der Waals surface area contributed by atoms with Crippen LogP contribution in [0.15, 0.2) is 70.1 Å². The zero-order valence-electron chi connectivity index (χ0n) is 22.0. The van der Waals surface area contributed by atoms with E-state index in [1.165, 1.54) is 23.0 Å². The molecule has 8 nitrogen and oxygen atoms in total. The Labute approximate surface area is 224 Å². The predicted octanol–water partition coefficient (Wildman–Crippen LogP) is 3.64. The highest BCUT2D eigenvalue weighted by Gasteiger charge is 2.33. The van der Waals surface area contributed by atoms with Gasteiger partial charge in [0.25, 0.3) is 5.56 Å². The second-order valence-corrected chi connectivity index (χ2v) is 10.0. The SMILES string of the molecule is C=CCc1cc(/C=c2/sc3n(c2=O)[C@H](c2ccc(OC)cc2)C(C(=O)OC(C)C)=C(C)N=3)cc(OC)c1O. The Balaban J connectivity index is 1.93. The van der Waals surface area contributed by atoms with Gasteiger partial charge < -0.3 is 19.3 Å². The summed E-state index contributed by atoms with van der Waals surface area (Å²) >= 11 is 1.22. The molecule has 0 fully saturated rings. The van der Waals surface area contributed by atoms with Crippen LogP contribution in [0.5, 0.6) is 17.2 Å². The number of nitrogens with zero attached hydrogens (tertiary/aromatic N) is 2.